The smallest absolute Gasteiger partial charge is 0.396 e. The van der Waals surface area contributed by atoms with E-state index in [2.05, 4.69) is 10.1 Å². The molecule has 15 heavy (non-hydrogen) atoms. The maximum Gasteiger partial charge on any atom is 0.396 e. The lowest BCUT2D eigenvalue weighted by molar-refractivity contribution is -0.154. The zero-order valence-corrected chi connectivity index (χ0v) is 8.46. The molecule has 0 aliphatic heterocycles. The van der Waals surface area contributed by atoms with Crippen molar-refractivity contribution in [3.05, 3.63) is 0 Å². The first-order chi connectivity index (χ1) is 6.99. The number of aliphatic hydroxyl groups is 1. The molecule has 1 amide bonds. The van der Waals surface area contributed by atoms with E-state index in [-0.39, 0.29) is 13.2 Å². The first-order valence-corrected chi connectivity index (χ1v) is 4.81. The van der Waals surface area contributed by atoms with E-state index < -0.39 is 23.6 Å². The number of halogens is 1. The van der Waals surface area contributed by atoms with Crippen LogP contribution < -0.4 is 5.32 Å². The first kappa shape index (κ1) is 11.9. The molecule has 0 aromatic carbocycles. The molecule has 1 aliphatic rings. The van der Waals surface area contributed by atoms with Crippen molar-refractivity contribution in [2.45, 2.75) is 31.5 Å². The fourth-order valence-electron chi connectivity index (χ4n) is 1.09. The Morgan fingerprint density at radius 1 is 1.60 bits per heavy atom. The quantitative estimate of drug-likeness (QED) is 0.495. The average Bonchev–Trinajstić information content (AvgIpc) is 2.94. The topological polar surface area (TPSA) is 75.6 Å². The van der Waals surface area contributed by atoms with Gasteiger partial charge >= 0.3 is 11.9 Å². The summed E-state index contributed by atoms with van der Waals surface area (Å²) in [5, 5.41) is 11.4. The Kier molecular flexibility index (Phi) is 3.62. The summed E-state index contributed by atoms with van der Waals surface area (Å²) in [7, 11) is 0. The summed E-state index contributed by atoms with van der Waals surface area (Å²) >= 11 is 0. The highest BCUT2D eigenvalue weighted by Crippen LogP contribution is 2.42. The van der Waals surface area contributed by atoms with E-state index in [1.165, 1.54) is 0 Å². The van der Waals surface area contributed by atoms with Crippen LogP contribution in [0, 0.1) is 0 Å². The molecule has 6 heteroatoms. The highest BCUT2D eigenvalue weighted by molar-refractivity contribution is 6.32. The minimum Gasteiger partial charge on any atom is -0.459 e. The number of nitrogens with one attached hydrogen (secondary N) is 1. The van der Waals surface area contributed by atoms with Crippen LogP contribution in [-0.2, 0) is 14.3 Å². The second-order valence-corrected chi connectivity index (χ2v) is 3.48. The van der Waals surface area contributed by atoms with Crippen molar-refractivity contribution < 1.29 is 23.8 Å². The van der Waals surface area contributed by atoms with E-state index in [9.17, 15) is 19.1 Å². The second-order valence-electron chi connectivity index (χ2n) is 3.48. The number of hydrogen-bond acceptors (Lipinski definition) is 4. The lowest BCUT2D eigenvalue weighted by Crippen LogP contribution is -2.41. The maximum absolute atomic E-state index is 13.2. The van der Waals surface area contributed by atoms with Crippen LogP contribution in [0.15, 0.2) is 0 Å². The molecule has 0 radical (unpaired) electrons. The van der Waals surface area contributed by atoms with Crippen LogP contribution in [0.1, 0.15) is 19.8 Å². The summed E-state index contributed by atoms with van der Waals surface area (Å²) in [6.45, 7) is 1.40. The molecule has 1 atom stereocenters. The van der Waals surface area contributed by atoms with Gasteiger partial charge in [-0.25, -0.2) is 9.18 Å². The number of ether oxygens (including phenoxy) is 1. The maximum atomic E-state index is 13.2. The summed E-state index contributed by atoms with van der Waals surface area (Å²) in [4.78, 5) is 21.8. The molecule has 1 aliphatic carbocycles. The number of alkyl halides is 1. The summed E-state index contributed by atoms with van der Waals surface area (Å²) in [6.07, 6.45) is -0.664. The van der Waals surface area contributed by atoms with Crippen LogP contribution in [0.5, 0.6) is 0 Å². The Morgan fingerprint density at radius 3 is 2.67 bits per heavy atom. The molecular weight excluding hydrogens is 205 g/mol. The molecule has 0 bridgehead atoms. The van der Waals surface area contributed by atoms with Crippen molar-refractivity contribution in [2.75, 3.05) is 13.2 Å². The van der Waals surface area contributed by atoms with Crippen LogP contribution in [0.4, 0.5) is 4.39 Å². The Hall–Kier alpha value is -1.17. The number of amides is 1. The van der Waals surface area contributed by atoms with Crippen LogP contribution in [0.3, 0.4) is 0 Å². The van der Waals surface area contributed by atoms with Crippen LogP contribution >= 0.6 is 0 Å². The normalized spacial score (nSPS) is 19.1. The van der Waals surface area contributed by atoms with Crippen molar-refractivity contribution in [3.63, 3.8) is 0 Å². The van der Waals surface area contributed by atoms with Crippen molar-refractivity contribution in [2.24, 2.45) is 0 Å². The van der Waals surface area contributed by atoms with Crippen molar-refractivity contribution >= 4 is 11.9 Å². The van der Waals surface area contributed by atoms with Gasteiger partial charge in [0, 0.05) is 6.54 Å². The van der Waals surface area contributed by atoms with Gasteiger partial charge in [-0.2, -0.15) is 0 Å². The van der Waals surface area contributed by atoms with Gasteiger partial charge in [-0.3, -0.25) is 4.79 Å². The number of esters is 1. The second kappa shape index (κ2) is 4.57. The predicted octanol–water partition coefficient (Wildman–Crippen LogP) is -0.471. The van der Waals surface area contributed by atoms with Gasteiger partial charge in [0.25, 0.3) is 0 Å². The zero-order chi connectivity index (χ0) is 11.5. The lowest BCUT2D eigenvalue weighted by Gasteiger charge is -2.14. The highest BCUT2D eigenvalue weighted by Gasteiger charge is 2.49. The molecule has 0 saturated heterocycles. The SMILES string of the molecule is CCOC(=O)C(=O)NCC(O)C1(F)CC1. The van der Waals surface area contributed by atoms with Gasteiger partial charge in [0.15, 0.2) is 0 Å². The highest BCUT2D eigenvalue weighted by atomic mass is 19.1. The zero-order valence-electron chi connectivity index (χ0n) is 8.46. The molecule has 1 rings (SSSR count). The molecule has 0 aromatic heterocycles. The Morgan fingerprint density at radius 2 is 2.20 bits per heavy atom. The predicted molar refractivity (Wildman–Crippen MR) is 48.7 cm³/mol. The number of carbonyl (C=O) groups is 2. The van der Waals surface area contributed by atoms with Crippen LogP contribution in [0.2, 0.25) is 0 Å². The Bertz CT molecular complexity index is 265. The van der Waals surface area contributed by atoms with E-state index in [1.54, 1.807) is 6.92 Å². The minimum absolute atomic E-state index is 0.0991. The third-order valence-electron chi connectivity index (χ3n) is 2.24. The van der Waals surface area contributed by atoms with Crippen molar-refractivity contribution in [3.8, 4) is 0 Å². The number of carbonyl (C=O) groups excluding carboxylic acids is 2. The number of aliphatic hydroxyl groups excluding tert-OH is 1. The van der Waals surface area contributed by atoms with Gasteiger partial charge in [-0.15, -0.1) is 0 Å². The third kappa shape index (κ3) is 3.16. The molecule has 1 fully saturated rings. The van der Waals surface area contributed by atoms with E-state index in [0.29, 0.717) is 12.8 Å². The Labute approximate surface area is 86.6 Å². The molecule has 0 spiro atoms. The first-order valence-electron chi connectivity index (χ1n) is 4.81. The largest absolute Gasteiger partial charge is 0.459 e. The Balaban J connectivity index is 2.24. The van der Waals surface area contributed by atoms with Crippen molar-refractivity contribution in [1.82, 2.24) is 5.32 Å². The van der Waals surface area contributed by atoms with E-state index >= 15 is 0 Å². The summed E-state index contributed by atoms with van der Waals surface area (Å²) in [5.41, 5.74) is -1.58. The van der Waals surface area contributed by atoms with E-state index in [0.717, 1.165) is 0 Å². The van der Waals surface area contributed by atoms with Gasteiger partial charge in [-0.1, -0.05) is 0 Å². The van der Waals surface area contributed by atoms with Gasteiger partial charge < -0.3 is 15.2 Å². The monoisotopic (exact) mass is 219 g/mol. The van der Waals surface area contributed by atoms with Crippen LogP contribution in [-0.4, -0.2) is 41.9 Å². The third-order valence-corrected chi connectivity index (χ3v) is 2.24. The molecule has 5 nitrogen and oxygen atoms in total. The fourth-order valence-corrected chi connectivity index (χ4v) is 1.09. The number of rotatable bonds is 4. The molecule has 0 aromatic rings. The van der Waals surface area contributed by atoms with Gasteiger partial charge in [-0.05, 0) is 19.8 Å². The summed E-state index contributed by atoms with van der Waals surface area (Å²) in [5.74, 6) is -1.98. The fraction of sp³-hybridized carbons (Fsp3) is 0.778. The van der Waals surface area contributed by atoms with Crippen LogP contribution in [0.25, 0.3) is 0 Å². The van der Waals surface area contributed by atoms with E-state index in [1.807, 2.05) is 0 Å². The van der Waals surface area contributed by atoms with E-state index in [4.69, 9.17) is 0 Å². The lowest BCUT2D eigenvalue weighted by atomic mass is 10.2. The van der Waals surface area contributed by atoms with Gasteiger partial charge in [0.2, 0.25) is 0 Å². The standard InChI is InChI=1S/C9H14FNO4/c1-2-15-8(14)7(13)11-5-6(12)9(10)3-4-9/h6,12H,2-5H2,1H3,(H,11,13). The molecule has 1 unspecified atom stereocenters. The van der Waals surface area contributed by atoms with Crippen molar-refractivity contribution in [1.29, 1.82) is 0 Å². The summed E-state index contributed by atoms with van der Waals surface area (Å²) < 4.78 is 17.6. The average molecular weight is 219 g/mol. The molecule has 0 heterocycles. The molecule has 1 saturated carbocycles. The van der Waals surface area contributed by atoms with Gasteiger partial charge in [0.05, 0.1) is 6.61 Å². The van der Waals surface area contributed by atoms with Gasteiger partial charge in [0.1, 0.15) is 11.8 Å². The molecule has 2 N–H and O–H groups in total. The number of hydrogen-bond donors (Lipinski definition) is 2. The molecular formula is C9H14FNO4. The molecule has 86 valence electrons. The minimum atomic E-state index is -1.58. The summed E-state index contributed by atoms with van der Waals surface area (Å²) in [6, 6.07) is 0.